The normalized spacial score (nSPS) is 12.5. The van der Waals surface area contributed by atoms with Crippen molar-refractivity contribution in [2.45, 2.75) is 177 Å². The number of fused-ring (bicyclic) bond motifs is 6. The van der Waals surface area contributed by atoms with Gasteiger partial charge in [-0.3, -0.25) is 0 Å². The molecule has 6 aromatic heterocycles. The first-order valence-electron chi connectivity index (χ1n) is 44.0. The van der Waals surface area contributed by atoms with Crippen molar-refractivity contribution in [3.8, 4) is 125 Å². The zero-order chi connectivity index (χ0) is 83.5. The van der Waals surface area contributed by atoms with Gasteiger partial charge in [0.2, 0.25) is 0 Å². The number of aromatic nitrogens is 10. The number of nitrogens with zero attached hydrogens (tertiary/aromatic N) is 10. The topological polar surface area (TPSA) is 143 Å². The molecule has 15 nitrogen and oxygen atoms in total. The summed E-state index contributed by atoms with van der Waals surface area (Å²) in [6.07, 6.45) is 20.9. The number of pyridine rings is 2. The molecule has 0 bridgehead atoms. The Hall–Kier alpha value is -13.1. The van der Waals surface area contributed by atoms with Gasteiger partial charge in [0.25, 0.3) is 0 Å². The summed E-state index contributed by atoms with van der Waals surface area (Å²) in [6, 6.07) is 85.4. The number of hydrogen-bond acceptors (Lipinski definition) is 11. The molecular weight excluding hydrogens is 1510 g/mol. The fraction of sp³-hybridized carbons (Fsp3) is 0.271. The first-order valence-corrected chi connectivity index (χ1v) is 44.0. The van der Waals surface area contributed by atoms with Crippen LogP contribution in [-0.4, -0.2) is 61.4 Å². The maximum Gasteiger partial charge on any atom is 0.159 e. The summed E-state index contributed by atoms with van der Waals surface area (Å²) in [6.45, 7) is 23.1. The highest BCUT2D eigenvalue weighted by Gasteiger charge is 2.35. The van der Waals surface area contributed by atoms with Crippen LogP contribution in [-0.2, 0) is 44.8 Å². The lowest BCUT2D eigenvalue weighted by molar-refractivity contribution is 0.304. The van der Waals surface area contributed by atoms with Gasteiger partial charge in [-0.05, 0) is 254 Å². The van der Waals surface area contributed by atoms with Crippen LogP contribution in [0.15, 0.2) is 267 Å². The number of ether oxygens (including phenoxy) is 5. The van der Waals surface area contributed by atoms with Crippen LogP contribution >= 0.6 is 0 Å². The Kier molecular flexibility index (Phi) is 24.8. The van der Waals surface area contributed by atoms with Crippen LogP contribution in [0.3, 0.4) is 0 Å². The zero-order valence-corrected chi connectivity index (χ0v) is 71.6. The summed E-state index contributed by atoms with van der Waals surface area (Å²) >= 11 is 0. The maximum absolute atomic E-state index is 6.81. The highest BCUT2D eigenvalue weighted by atomic mass is 16.5. The third-order valence-electron chi connectivity index (χ3n) is 23.6. The Morgan fingerprint density at radius 2 is 0.598 bits per heavy atom. The van der Waals surface area contributed by atoms with Crippen LogP contribution in [0.1, 0.15) is 155 Å². The molecular formula is C107H108N10O5. The van der Waals surface area contributed by atoms with E-state index in [4.69, 9.17) is 53.6 Å². The van der Waals surface area contributed by atoms with E-state index in [2.05, 4.69) is 341 Å². The Bertz CT molecular complexity index is 6040. The molecule has 122 heavy (non-hydrogen) atoms. The van der Waals surface area contributed by atoms with Gasteiger partial charge in [0.1, 0.15) is 70.5 Å². The molecule has 0 amide bonds. The van der Waals surface area contributed by atoms with Gasteiger partial charge in [0.15, 0.2) is 23.3 Å². The molecule has 616 valence electrons. The fourth-order valence-electron chi connectivity index (χ4n) is 16.8. The van der Waals surface area contributed by atoms with Crippen molar-refractivity contribution in [2.24, 2.45) is 0 Å². The minimum atomic E-state index is -0.301. The third kappa shape index (κ3) is 17.6. The van der Waals surface area contributed by atoms with E-state index in [9.17, 15) is 0 Å². The second kappa shape index (κ2) is 37.2. The molecule has 1 aliphatic heterocycles. The van der Waals surface area contributed by atoms with Gasteiger partial charge in [-0.2, -0.15) is 0 Å². The van der Waals surface area contributed by atoms with E-state index < -0.39 is 0 Å². The van der Waals surface area contributed by atoms with Crippen molar-refractivity contribution < 1.29 is 23.7 Å². The van der Waals surface area contributed by atoms with Crippen LogP contribution in [0.2, 0.25) is 0 Å². The lowest BCUT2D eigenvalue weighted by Gasteiger charge is -2.35. The van der Waals surface area contributed by atoms with Gasteiger partial charge in [0, 0.05) is 42.7 Å². The highest BCUT2D eigenvalue weighted by Crippen LogP contribution is 2.49. The van der Waals surface area contributed by atoms with E-state index in [1.165, 1.54) is 0 Å². The minimum Gasteiger partial charge on any atom is -0.494 e. The Balaban J connectivity index is 0.539. The van der Waals surface area contributed by atoms with E-state index in [0.717, 1.165) is 295 Å². The maximum atomic E-state index is 6.81. The molecule has 0 saturated carbocycles. The quantitative estimate of drug-likeness (QED) is 0.0273. The third-order valence-corrected chi connectivity index (χ3v) is 23.6. The molecule has 10 aromatic carbocycles. The predicted octanol–water partition coefficient (Wildman–Crippen LogP) is 27.5. The number of allylic oxidation sites excluding steroid dienone is 4. The molecule has 0 radical (unpaired) electrons. The summed E-state index contributed by atoms with van der Waals surface area (Å²) in [7, 11) is 0. The molecule has 7 heterocycles. The molecule has 0 fully saturated rings. The van der Waals surface area contributed by atoms with Gasteiger partial charge >= 0.3 is 0 Å². The van der Waals surface area contributed by atoms with Gasteiger partial charge in [0.05, 0.1) is 57.3 Å². The van der Waals surface area contributed by atoms with Crippen LogP contribution in [0, 0.1) is 0 Å². The summed E-state index contributed by atoms with van der Waals surface area (Å²) in [5.74, 6) is 8.41. The lowest BCUT2D eigenvalue weighted by atomic mass is 9.75. The van der Waals surface area contributed by atoms with Crippen LogP contribution in [0.5, 0.6) is 34.5 Å². The van der Waals surface area contributed by atoms with Crippen molar-refractivity contribution in [1.82, 2.24) is 48.2 Å². The van der Waals surface area contributed by atoms with Gasteiger partial charge in [-0.15, -0.1) is 0 Å². The molecule has 0 unspecified atom stereocenters. The van der Waals surface area contributed by atoms with Crippen molar-refractivity contribution in [2.75, 3.05) is 13.2 Å². The van der Waals surface area contributed by atoms with E-state index >= 15 is 0 Å². The van der Waals surface area contributed by atoms with Gasteiger partial charge in [-0.25, -0.2) is 29.9 Å². The van der Waals surface area contributed by atoms with Crippen molar-refractivity contribution in [1.29, 1.82) is 0 Å². The summed E-state index contributed by atoms with van der Waals surface area (Å²) in [5.41, 5.74) is 24.2. The van der Waals surface area contributed by atoms with Crippen LogP contribution < -0.4 is 23.7 Å². The van der Waals surface area contributed by atoms with E-state index in [-0.39, 0.29) is 5.41 Å². The van der Waals surface area contributed by atoms with E-state index in [1.54, 1.807) is 0 Å². The lowest BCUT2D eigenvalue weighted by Crippen LogP contribution is -2.24. The van der Waals surface area contributed by atoms with Crippen molar-refractivity contribution >= 4 is 44.1 Å². The Labute approximate surface area is 716 Å². The first-order chi connectivity index (χ1) is 59.9. The largest absolute Gasteiger partial charge is 0.494 e. The number of aryl methyl sites for hydroxylation is 4. The second-order valence-electron chi connectivity index (χ2n) is 32.6. The van der Waals surface area contributed by atoms with Gasteiger partial charge < -0.3 is 42.0 Å². The molecule has 0 N–H and O–H groups in total. The second-order valence-corrected chi connectivity index (χ2v) is 32.6. The summed E-state index contributed by atoms with van der Waals surface area (Å²) in [5, 5.41) is 0. The average Bonchev–Trinajstić information content (AvgIpc) is 1.19. The molecule has 16 aromatic rings. The van der Waals surface area contributed by atoms with Crippen LogP contribution in [0.4, 0.5) is 0 Å². The summed E-state index contributed by atoms with van der Waals surface area (Å²) < 4.78 is 41.3. The summed E-state index contributed by atoms with van der Waals surface area (Å²) in [4.78, 5) is 32.2. The minimum absolute atomic E-state index is 0.301. The first kappa shape index (κ1) is 81.2. The molecule has 0 aliphatic carbocycles. The van der Waals surface area contributed by atoms with Crippen molar-refractivity contribution in [3.05, 3.63) is 289 Å². The number of hydrogen-bond donors (Lipinski definition) is 0. The smallest absolute Gasteiger partial charge is 0.159 e. The predicted molar refractivity (Wildman–Crippen MR) is 498 cm³/mol. The zero-order valence-electron chi connectivity index (χ0n) is 71.6. The van der Waals surface area contributed by atoms with Gasteiger partial charge in [-0.1, -0.05) is 201 Å². The van der Waals surface area contributed by atoms with E-state index in [1.807, 2.05) is 0 Å². The SMILES string of the molecule is C/C=C/CCCOc1ccc(-c2ccc3c(c2)nc(-c2cccc(-c4nc5cc(-c6ccc(OCc7ccc8c(c7)Oc7cc(COc9ccc(-c%10ccc%11c(c%10)nc(-c%10cccc(-c%12nc%13cc(-c%14ccc(OCCC/C=C/C)cc%14)ccc%13n%12CCCC)n%10)n%11CCCC)cc9)ccc7C8(C)C)cc6)ccc5n4CCCC)n2)n3CCCC)cc1. The number of unbranched alkanes of at least 4 members (excludes halogenated alkanes) is 6. The number of benzene rings is 10. The monoisotopic (exact) mass is 1610 g/mol. The molecule has 0 spiro atoms. The molecule has 0 saturated heterocycles. The molecule has 0 atom stereocenters. The van der Waals surface area contributed by atoms with E-state index in [0.29, 0.717) is 26.4 Å². The standard InChI is InChI=1S/C107H108N10O5/c1-9-15-21-23-63-118-83-45-33-75(34-46-83)79-41-55-97-93(67-79)110-103(114(97)59-17-11-3)89-27-25-29-91(108-89)105-112-95-69-81(43-57-99(95)116(105)61-19-13-5)77-37-49-85(50-38-77)120-71-73-31-53-87-101(65-73)122-102-66-74(32-54-88(102)107(87,7)8)72-121-86-51-39-78(40-52-86)82-44-58-100-96(70-82)113-106(117(100)62-20-14-6)92-30-26-28-90(109-92)104-111-94-68-80(42-56-98(94)115(104)60-18-12-4)76-35-47-84(48-36-76)119-64-24-22-16-10-2/h9-10,15-16,25-58,65-70H,11-14,17-24,59-64,71-72H2,1-8H3/b15-9+,16-10+. The Morgan fingerprint density at radius 1 is 0.311 bits per heavy atom. The van der Waals surface area contributed by atoms with Crippen molar-refractivity contribution in [3.63, 3.8) is 0 Å². The highest BCUT2D eigenvalue weighted by molar-refractivity contribution is 5.90. The Morgan fingerprint density at radius 3 is 0.885 bits per heavy atom. The molecule has 17 rings (SSSR count). The molecule has 1 aliphatic rings. The average molecular weight is 1610 g/mol. The number of imidazole rings is 4. The molecule has 15 heteroatoms. The number of rotatable bonds is 36. The fourth-order valence-corrected chi connectivity index (χ4v) is 16.8. The van der Waals surface area contributed by atoms with Crippen LogP contribution in [0.25, 0.3) is 135 Å².